The first kappa shape index (κ1) is 9.80. The highest BCUT2D eigenvalue weighted by molar-refractivity contribution is 5.41. The number of hydrogen-bond acceptors (Lipinski definition) is 3. The molecule has 3 heteroatoms. The fourth-order valence-electron chi connectivity index (χ4n) is 1.32. The molecule has 15 heavy (non-hydrogen) atoms. The van der Waals surface area contributed by atoms with Gasteiger partial charge in [-0.2, -0.15) is 0 Å². The van der Waals surface area contributed by atoms with Crippen molar-refractivity contribution in [3.63, 3.8) is 0 Å². The molecule has 0 aliphatic carbocycles. The molecule has 0 aliphatic rings. The molecule has 2 rings (SSSR count). The summed E-state index contributed by atoms with van der Waals surface area (Å²) in [5, 5.41) is 0. The van der Waals surface area contributed by atoms with Crippen LogP contribution in [0.2, 0.25) is 0 Å². The second kappa shape index (κ2) is 4.66. The van der Waals surface area contributed by atoms with Crippen LogP contribution in [0.3, 0.4) is 0 Å². The van der Waals surface area contributed by atoms with Crippen LogP contribution in [0.25, 0.3) is 0 Å². The van der Waals surface area contributed by atoms with Gasteiger partial charge in [-0.05, 0) is 31.2 Å². The molecule has 0 amide bonds. The first-order valence-electron chi connectivity index (χ1n) is 4.96. The molecule has 0 saturated heterocycles. The van der Waals surface area contributed by atoms with Crippen molar-refractivity contribution in [1.82, 2.24) is 5.43 Å². The van der Waals surface area contributed by atoms with Crippen LogP contribution in [0, 0.1) is 0 Å². The number of anilines is 1. The smallest absolute Gasteiger partial charge is 0.122 e. The lowest BCUT2D eigenvalue weighted by atomic mass is 10.3. The molecule has 0 radical (unpaired) electrons. The zero-order valence-corrected chi connectivity index (χ0v) is 8.60. The van der Waals surface area contributed by atoms with Gasteiger partial charge in [0.1, 0.15) is 5.76 Å². The fraction of sp³-hybridized carbons (Fsp3) is 0.167. The van der Waals surface area contributed by atoms with E-state index in [0.717, 1.165) is 11.4 Å². The summed E-state index contributed by atoms with van der Waals surface area (Å²) in [6, 6.07) is 13.9. The zero-order chi connectivity index (χ0) is 10.5. The number of hydrogen-bond donors (Lipinski definition) is 2. The quantitative estimate of drug-likeness (QED) is 0.748. The highest BCUT2D eigenvalue weighted by Gasteiger charge is 2.06. The molecule has 0 spiro atoms. The van der Waals surface area contributed by atoms with Crippen molar-refractivity contribution < 1.29 is 4.42 Å². The minimum Gasteiger partial charge on any atom is -0.468 e. The van der Waals surface area contributed by atoms with Gasteiger partial charge in [0.15, 0.2) is 0 Å². The van der Waals surface area contributed by atoms with Crippen LogP contribution in [0.5, 0.6) is 0 Å². The fourth-order valence-corrected chi connectivity index (χ4v) is 1.32. The first-order valence-corrected chi connectivity index (χ1v) is 4.96. The summed E-state index contributed by atoms with van der Waals surface area (Å²) in [5.74, 6) is 0.915. The minimum absolute atomic E-state index is 0.139. The van der Waals surface area contributed by atoms with Crippen LogP contribution in [0.4, 0.5) is 5.69 Å². The summed E-state index contributed by atoms with van der Waals surface area (Å²) in [6.45, 7) is 2.04. The third-order valence-electron chi connectivity index (χ3n) is 2.18. The Kier molecular flexibility index (Phi) is 3.05. The van der Waals surface area contributed by atoms with E-state index in [0.29, 0.717) is 0 Å². The summed E-state index contributed by atoms with van der Waals surface area (Å²) < 4.78 is 5.28. The molecule has 0 aliphatic heterocycles. The van der Waals surface area contributed by atoms with Crippen molar-refractivity contribution in [2.75, 3.05) is 5.43 Å². The summed E-state index contributed by atoms with van der Waals surface area (Å²) in [7, 11) is 0. The van der Waals surface area contributed by atoms with Crippen molar-refractivity contribution in [2.45, 2.75) is 13.0 Å². The molecule has 0 saturated carbocycles. The highest BCUT2D eigenvalue weighted by Crippen LogP contribution is 2.12. The maximum absolute atomic E-state index is 5.28. The van der Waals surface area contributed by atoms with E-state index in [1.807, 2.05) is 49.4 Å². The molecular weight excluding hydrogens is 188 g/mol. The number of hydrazine groups is 1. The Bertz CT molecular complexity index is 383. The zero-order valence-electron chi connectivity index (χ0n) is 8.60. The number of benzene rings is 1. The van der Waals surface area contributed by atoms with Crippen LogP contribution >= 0.6 is 0 Å². The van der Waals surface area contributed by atoms with Crippen LogP contribution in [-0.4, -0.2) is 0 Å². The van der Waals surface area contributed by atoms with Gasteiger partial charge in [0, 0.05) is 5.69 Å². The van der Waals surface area contributed by atoms with Gasteiger partial charge in [0.2, 0.25) is 0 Å². The van der Waals surface area contributed by atoms with E-state index in [1.54, 1.807) is 6.26 Å². The number of furan rings is 1. The minimum atomic E-state index is 0.139. The Morgan fingerprint density at radius 1 is 1.07 bits per heavy atom. The van der Waals surface area contributed by atoms with Crippen LogP contribution in [0.1, 0.15) is 18.7 Å². The van der Waals surface area contributed by atoms with E-state index in [2.05, 4.69) is 10.9 Å². The highest BCUT2D eigenvalue weighted by atomic mass is 16.3. The summed E-state index contributed by atoms with van der Waals surface area (Å²) >= 11 is 0. The van der Waals surface area contributed by atoms with Crippen molar-refractivity contribution >= 4 is 5.69 Å². The summed E-state index contributed by atoms with van der Waals surface area (Å²) in [4.78, 5) is 0. The van der Waals surface area contributed by atoms with Crippen LogP contribution in [0.15, 0.2) is 53.1 Å². The number of para-hydroxylation sites is 1. The normalized spacial score (nSPS) is 12.3. The predicted molar refractivity (Wildman–Crippen MR) is 60.3 cm³/mol. The van der Waals surface area contributed by atoms with Crippen molar-refractivity contribution in [3.8, 4) is 0 Å². The van der Waals surface area contributed by atoms with Gasteiger partial charge < -0.3 is 9.84 Å². The second-order valence-electron chi connectivity index (χ2n) is 3.37. The molecule has 2 aromatic rings. The summed E-state index contributed by atoms with van der Waals surface area (Å²) in [6.07, 6.45) is 1.68. The molecule has 0 bridgehead atoms. The third kappa shape index (κ3) is 2.60. The van der Waals surface area contributed by atoms with Crippen LogP contribution < -0.4 is 10.9 Å². The topological polar surface area (TPSA) is 37.2 Å². The maximum Gasteiger partial charge on any atom is 0.122 e. The first-order chi connectivity index (χ1) is 7.36. The van der Waals surface area contributed by atoms with Crippen molar-refractivity contribution in [1.29, 1.82) is 0 Å². The third-order valence-corrected chi connectivity index (χ3v) is 2.18. The molecule has 1 atom stereocenters. The molecule has 1 aromatic carbocycles. The standard InChI is InChI=1S/C12H14N2O/c1-10(12-8-5-9-15-12)13-14-11-6-3-2-4-7-11/h2-10,13-14H,1H3. The van der Waals surface area contributed by atoms with Crippen LogP contribution in [-0.2, 0) is 0 Å². The predicted octanol–water partition coefficient (Wildman–Crippen LogP) is 2.96. The van der Waals surface area contributed by atoms with E-state index in [4.69, 9.17) is 4.42 Å². The number of nitrogens with one attached hydrogen (secondary N) is 2. The largest absolute Gasteiger partial charge is 0.468 e. The summed E-state index contributed by atoms with van der Waals surface area (Å²) in [5.41, 5.74) is 7.32. The average molecular weight is 202 g/mol. The molecule has 0 fully saturated rings. The molecule has 1 aromatic heterocycles. The van der Waals surface area contributed by atoms with E-state index in [-0.39, 0.29) is 6.04 Å². The van der Waals surface area contributed by atoms with Gasteiger partial charge in [-0.25, -0.2) is 5.43 Å². The Labute approximate surface area is 89.1 Å². The Hall–Kier alpha value is -1.74. The van der Waals surface area contributed by atoms with E-state index in [1.165, 1.54) is 0 Å². The average Bonchev–Trinajstić information content (AvgIpc) is 2.81. The monoisotopic (exact) mass is 202 g/mol. The number of rotatable bonds is 4. The second-order valence-corrected chi connectivity index (χ2v) is 3.37. The lowest BCUT2D eigenvalue weighted by Crippen LogP contribution is -2.24. The lowest BCUT2D eigenvalue weighted by molar-refractivity contribution is 0.448. The molecule has 2 N–H and O–H groups in total. The molecule has 3 nitrogen and oxygen atoms in total. The maximum atomic E-state index is 5.28. The Morgan fingerprint density at radius 3 is 2.53 bits per heavy atom. The van der Waals surface area contributed by atoms with Gasteiger partial charge in [-0.15, -0.1) is 0 Å². The SMILES string of the molecule is CC(NNc1ccccc1)c1ccco1. The molecular formula is C12H14N2O. The molecule has 78 valence electrons. The van der Waals surface area contributed by atoms with Gasteiger partial charge in [0.25, 0.3) is 0 Å². The Morgan fingerprint density at radius 2 is 1.87 bits per heavy atom. The van der Waals surface area contributed by atoms with E-state index in [9.17, 15) is 0 Å². The van der Waals surface area contributed by atoms with Gasteiger partial charge >= 0.3 is 0 Å². The van der Waals surface area contributed by atoms with Crippen molar-refractivity contribution in [2.24, 2.45) is 0 Å². The van der Waals surface area contributed by atoms with E-state index < -0.39 is 0 Å². The molecule has 1 unspecified atom stereocenters. The Balaban J connectivity index is 1.89. The van der Waals surface area contributed by atoms with E-state index >= 15 is 0 Å². The lowest BCUT2D eigenvalue weighted by Gasteiger charge is -2.13. The van der Waals surface area contributed by atoms with Gasteiger partial charge in [-0.1, -0.05) is 18.2 Å². The van der Waals surface area contributed by atoms with Gasteiger partial charge in [0.05, 0.1) is 12.3 Å². The molecule has 1 heterocycles. The van der Waals surface area contributed by atoms with Crippen molar-refractivity contribution in [3.05, 3.63) is 54.5 Å². The van der Waals surface area contributed by atoms with Gasteiger partial charge in [-0.3, -0.25) is 0 Å².